The fourth-order valence-electron chi connectivity index (χ4n) is 11.7. The Kier molecular flexibility index (Phi) is 72.9. The molecule has 0 aromatic heterocycles. The van der Waals surface area contributed by atoms with Gasteiger partial charge in [-0.05, 0) is 96.3 Å². The highest BCUT2D eigenvalue weighted by Crippen LogP contribution is 2.19. The maximum Gasteiger partial charge on any atom is 0.361 e. The summed E-state index contributed by atoms with van der Waals surface area (Å²) >= 11 is 0. The second-order valence-electron chi connectivity index (χ2n) is 28.3. The monoisotopic (exact) mass is 1330 g/mol. The van der Waals surface area contributed by atoms with Crippen LogP contribution in [0.3, 0.4) is 0 Å². The van der Waals surface area contributed by atoms with Crippen LogP contribution in [0.1, 0.15) is 373 Å². The standard InChI is InChI=1S/C86H153NO8/c1-6-8-10-12-14-16-18-20-22-24-26-28-30-32-34-36-37-38-39-40-41-42-43-44-45-46-47-49-50-52-54-56-58-60-62-64-66-68-70-72-74-76-83(88)93-80-82(81-94-86(85(90)91)92-79-78-87(3,4)5)95-84(89)77-75-73-71-69-67-65-63-61-59-57-55-53-51-48-35-33-31-29-27-25-23-21-19-17-15-13-11-9-7-2/h9,11,15,17,21,23-24,26-27,29,33,35,51,53,57,59,82,86H,6-8,10,12-14,16,18-20,22,25,28,30-32,34,36-50,52,54-56,58,60-81H2,1-5H3/p+1/b11-9-,17-15-,23-21-,26-24-,29-27-,35-33-,53-51-,59-57-. The molecule has 0 aliphatic heterocycles. The normalized spacial score (nSPS) is 13.1. The number of rotatable bonds is 75. The molecule has 2 unspecified atom stereocenters. The van der Waals surface area contributed by atoms with E-state index in [0.29, 0.717) is 23.9 Å². The van der Waals surface area contributed by atoms with Crippen LogP contribution in [-0.4, -0.2) is 87.4 Å². The van der Waals surface area contributed by atoms with E-state index in [1.54, 1.807) is 0 Å². The molecule has 0 aliphatic carbocycles. The quantitative estimate of drug-likeness (QED) is 0.0211. The van der Waals surface area contributed by atoms with Gasteiger partial charge in [0.25, 0.3) is 6.29 Å². The lowest BCUT2D eigenvalue weighted by atomic mass is 10.0. The van der Waals surface area contributed by atoms with Crippen LogP contribution in [0.4, 0.5) is 0 Å². The molecule has 9 heteroatoms. The third-order valence-corrected chi connectivity index (χ3v) is 17.8. The first kappa shape index (κ1) is 91.2. The van der Waals surface area contributed by atoms with Crippen molar-refractivity contribution < 1.29 is 42.9 Å². The van der Waals surface area contributed by atoms with Crippen molar-refractivity contribution in [2.75, 3.05) is 47.5 Å². The lowest BCUT2D eigenvalue weighted by molar-refractivity contribution is -0.870. The van der Waals surface area contributed by atoms with E-state index in [2.05, 4.69) is 111 Å². The zero-order valence-electron chi connectivity index (χ0n) is 63.1. The van der Waals surface area contributed by atoms with Crippen LogP contribution in [0.15, 0.2) is 97.2 Å². The molecular formula is C86H154NO8+. The van der Waals surface area contributed by atoms with Crippen LogP contribution in [0.5, 0.6) is 0 Å². The number of carbonyl (C=O) groups is 3. The predicted octanol–water partition coefficient (Wildman–Crippen LogP) is 25.9. The topological polar surface area (TPSA) is 108 Å². The molecule has 9 nitrogen and oxygen atoms in total. The Morgan fingerprint density at radius 1 is 0.326 bits per heavy atom. The van der Waals surface area contributed by atoms with Gasteiger partial charge in [-0.1, -0.05) is 361 Å². The van der Waals surface area contributed by atoms with Gasteiger partial charge in [0.2, 0.25) is 0 Å². The lowest BCUT2D eigenvalue weighted by Gasteiger charge is -2.25. The van der Waals surface area contributed by atoms with E-state index in [-0.39, 0.29) is 32.2 Å². The molecule has 0 aromatic rings. The Bertz CT molecular complexity index is 1890. The van der Waals surface area contributed by atoms with Crippen LogP contribution >= 0.6 is 0 Å². The van der Waals surface area contributed by atoms with Gasteiger partial charge in [-0.3, -0.25) is 9.59 Å². The average Bonchev–Trinajstić information content (AvgIpc) is 2.86. The van der Waals surface area contributed by atoms with Crippen molar-refractivity contribution in [2.45, 2.75) is 386 Å². The molecule has 0 heterocycles. The summed E-state index contributed by atoms with van der Waals surface area (Å²) in [4.78, 5) is 37.7. The number of quaternary nitrogens is 1. The molecule has 0 aliphatic rings. The number of allylic oxidation sites excluding steroid dienone is 16. The van der Waals surface area contributed by atoms with Gasteiger partial charge in [0.05, 0.1) is 34.4 Å². The zero-order valence-corrected chi connectivity index (χ0v) is 63.1. The third kappa shape index (κ3) is 77.4. The van der Waals surface area contributed by atoms with Gasteiger partial charge in [0.15, 0.2) is 6.10 Å². The van der Waals surface area contributed by atoms with E-state index in [1.807, 2.05) is 21.1 Å². The minimum absolute atomic E-state index is 0.182. The van der Waals surface area contributed by atoms with Gasteiger partial charge in [-0.15, -0.1) is 0 Å². The van der Waals surface area contributed by atoms with Gasteiger partial charge in [0.1, 0.15) is 13.2 Å². The SMILES string of the molecule is CC/C=C\C/C=C\C/C=C\C/C=C\C/C=C\C/C=C\C/C=C\CCCCCCCCCC(=O)OC(COC(=O)CCCCCCCCCCCCCCCCCCCCCCCCCCCCCCC/C=C\CCCCCCCCCC)COC(OCC[N+](C)(C)C)C(=O)O. The first-order valence-electron chi connectivity index (χ1n) is 40.4. The number of hydrogen-bond acceptors (Lipinski definition) is 7. The number of aliphatic carboxylic acids is 1. The van der Waals surface area contributed by atoms with Crippen molar-refractivity contribution in [3.05, 3.63) is 97.2 Å². The first-order valence-corrected chi connectivity index (χ1v) is 40.4. The molecule has 95 heavy (non-hydrogen) atoms. The van der Waals surface area contributed by atoms with Gasteiger partial charge in [-0.2, -0.15) is 0 Å². The molecular weight excluding hydrogens is 1170 g/mol. The maximum atomic E-state index is 13.0. The van der Waals surface area contributed by atoms with Crippen LogP contribution < -0.4 is 0 Å². The van der Waals surface area contributed by atoms with Crippen molar-refractivity contribution in [2.24, 2.45) is 0 Å². The summed E-state index contributed by atoms with van der Waals surface area (Å²) in [6, 6.07) is 0. The predicted molar refractivity (Wildman–Crippen MR) is 410 cm³/mol. The number of carbonyl (C=O) groups excluding carboxylic acids is 2. The summed E-state index contributed by atoms with van der Waals surface area (Å²) in [5.74, 6) is -2.01. The third-order valence-electron chi connectivity index (χ3n) is 17.8. The number of nitrogens with zero attached hydrogens (tertiary/aromatic N) is 1. The summed E-state index contributed by atoms with van der Waals surface area (Å²) in [5.41, 5.74) is 0. The van der Waals surface area contributed by atoms with E-state index in [9.17, 15) is 19.5 Å². The van der Waals surface area contributed by atoms with Crippen LogP contribution in [0, 0.1) is 0 Å². The number of carboxylic acid groups (broad SMARTS) is 1. The highest BCUT2D eigenvalue weighted by Gasteiger charge is 2.25. The molecule has 0 saturated heterocycles. The number of carboxylic acids is 1. The van der Waals surface area contributed by atoms with Crippen molar-refractivity contribution in [3.8, 4) is 0 Å². The molecule has 0 saturated carbocycles. The van der Waals surface area contributed by atoms with Gasteiger partial charge in [-0.25, -0.2) is 4.79 Å². The van der Waals surface area contributed by atoms with Gasteiger partial charge in [0, 0.05) is 12.8 Å². The highest BCUT2D eigenvalue weighted by molar-refractivity contribution is 5.71. The molecule has 0 radical (unpaired) electrons. The summed E-state index contributed by atoms with van der Waals surface area (Å²) in [7, 11) is 5.98. The number of likely N-dealkylation sites (N-methyl/N-ethyl adjacent to an activating group) is 1. The Labute approximate surface area is 588 Å². The molecule has 0 bridgehead atoms. The number of unbranched alkanes of at least 4 members (excludes halogenated alkanes) is 44. The van der Waals surface area contributed by atoms with E-state index < -0.39 is 24.3 Å². The zero-order chi connectivity index (χ0) is 69.0. The summed E-state index contributed by atoms with van der Waals surface area (Å²) < 4.78 is 23.0. The van der Waals surface area contributed by atoms with E-state index in [1.165, 1.54) is 250 Å². The van der Waals surface area contributed by atoms with Gasteiger partial charge >= 0.3 is 17.9 Å². The minimum atomic E-state index is -1.52. The molecule has 550 valence electrons. The Balaban J connectivity index is 3.99. The Morgan fingerprint density at radius 3 is 0.905 bits per heavy atom. The Hall–Kier alpha value is -3.79. The molecule has 2 atom stereocenters. The van der Waals surface area contributed by atoms with E-state index >= 15 is 0 Å². The van der Waals surface area contributed by atoms with E-state index in [4.69, 9.17) is 18.9 Å². The van der Waals surface area contributed by atoms with Crippen molar-refractivity contribution in [3.63, 3.8) is 0 Å². The maximum absolute atomic E-state index is 13.0. The summed E-state index contributed by atoms with van der Waals surface area (Å²) in [6.45, 7) is 4.79. The molecule has 0 amide bonds. The number of ether oxygens (including phenoxy) is 4. The summed E-state index contributed by atoms with van der Waals surface area (Å²) in [6.07, 6.45) is 103. The summed E-state index contributed by atoms with van der Waals surface area (Å²) in [5, 5.41) is 9.77. The average molecular weight is 1330 g/mol. The molecule has 0 spiro atoms. The molecule has 0 rings (SSSR count). The van der Waals surface area contributed by atoms with Gasteiger partial charge < -0.3 is 28.5 Å². The fraction of sp³-hybridized carbons (Fsp3) is 0.779. The first-order chi connectivity index (χ1) is 46.6. The number of hydrogen-bond donors (Lipinski definition) is 1. The highest BCUT2D eigenvalue weighted by atomic mass is 16.7. The number of esters is 2. The Morgan fingerprint density at radius 2 is 0.600 bits per heavy atom. The minimum Gasteiger partial charge on any atom is -0.477 e. The molecule has 1 N–H and O–H groups in total. The molecule has 0 aromatic carbocycles. The lowest BCUT2D eigenvalue weighted by Crippen LogP contribution is -2.40. The van der Waals surface area contributed by atoms with Crippen LogP contribution in [0.2, 0.25) is 0 Å². The second kappa shape index (κ2) is 76.0. The second-order valence-corrected chi connectivity index (χ2v) is 28.3. The van der Waals surface area contributed by atoms with Crippen molar-refractivity contribution in [1.82, 2.24) is 0 Å². The largest absolute Gasteiger partial charge is 0.477 e. The van der Waals surface area contributed by atoms with E-state index in [0.717, 1.165) is 89.9 Å². The fourth-order valence-corrected chi connectivity index (χ4v) is 11.7. The van der Waals surface area contributed by atoms with Crippen LogP contribution in [0.25, 0.3) is 0 Å². The van der Waals surface area contributed by atoms with Crippen molar-refractivity contribution >= 4 is 17.9 Å². The van der Waals surface area contributed by atoms with Crippen molar-refractivity contribution in [1.29, 1.82) is 0 Å². The van der Waals surface area contributed by atoms with Crippen LogP contribution in [-0.2, 0) is 33.3 Å². The smallest absolute Gasteiger partial charge is 0.361 e. The molecule has 0 fully saturated rings.